The molecule has 0 spiro atoms. The summed E-state index contributed by atoms with van der Waals surface area (Å²) in [6.07, 6.45) is 7.10. The summed E-state index contributed by atoms with van der Waals surface area (Å²) >= 11 is -5.12. The molecule has 0 radical (unpaired) electrons. The van der Waals surface area contributed by atoms with Crippen LogP contribution in [0.5, 0.6) is 0 Å². The van der Waals surface area contributed by atoms with Crippen molar-refractivity contribution in [2.75, 3.05) is 0 Å². The van der Waals surface area contributed by atoms with Crippen molar-refractivity contribution in [1.82, 2.24) is 0 Å². The number of aryl methyl sites for hydroxylation is 2. The molecule has 0 heterocycles. The van der Waals surface area contributed by atoms with Gasteiger partial charge >= 0.3 is 392 Å². The molecule has 6 rings (SSSR count). The SMILES string of the molecule is CCc1ccc2c(c1-c1cc(C(C)(C)C)cc(C(C)(C)C)c1)C=C(C(C)C)[CH]2[Zr]([Cl])([Cl])([CH]1C(C(C)C)=Cc2c1ccc(CC)c2-c1cc(C(C)(C)C)cc(C(C)(C)C)c1)[SiH](C)C. The van der Waals surface area contributed by atoms with Gasteiger partial charge in [-0.15, -0.1) is 0 Å². The second-order valence-corrected chi connectivity index (χ2v) is 66.9. The number of benzene rings is 4. The van der Waals surface area contributed by atoms with Crippen molar-refractivity contribution in [3.63, 3.8) is 0 Å². The monoisotopic (exact) mass is 965 g/mol. The zero-order valence-corrected chi connectivity index (χ0v) is 47.6. The molecule has 0 aromatic heterocycles. The first-order chi connectivity index (χ1) is 28.4. The van der Waals surface area contributed by atoms with E-state index in [2.05, 4.69) is 211 Å². The Kier molecular flexibility index (Phi) is 13.3. The number of fused-ring (bicyclic) bond motifs is 2. The number of rotatable bonds is 9. The number of hydrogen-bond acceptors (Lipinski definition) is 0. The van der Waals surface area contributed by atoms with E-state index in [1.165, 1.54) is 89.0 Å². The van der Waals surface area contributed by atoms with Crippen LogP contribution in [0.2, 0.25) is 13.1 Å². The molecule has 0 saturated carbocycles. The molecule has 62 heavy (non-hydrogen) atoms. The summed E-state index contributed by atoms with van der Waals surface area (Å²) in [6, 6.07) is 24.7. The minimum absolute atomic E-state index is 0.0152. The molecule has 2 aliphatic rings. The van der Waals surface area contributed by atoms with E-state index in [1.54, 1.807) is 0 Å². The molecule has 0 N–H and O–H groups in total. The predicted molar refractivity (Wildman–Crippen MR) is 279 cm³/mol. The van der Waals surface area contributed by atoms with Gasteiger partial charge in [-0.2, -0.15) is 0 Å². The molecule has 0 bridgehead atoms. The second kappa shape index (κ2) is 16.7. The Labute approximate surface area is 388 Å². The van der Waals surface area contributed by atoms with E-state index in [9.17, 15) is 0 Å². The fraction of sp³-hybridized carbons (Fsp3) is 0.517. The standard InChI is InChI=1S/2C28H37.C2H7Si.2ClH.Zr/c2*1-10-19-11-12-20-13-21(18(2)3)16-25(20)26(19)22-14-23(27(4,5)6)17-24(15-22)28(7,8)9;1-3-2;;;/h2*11-18H,10H2,1-9H3;3H,1-2H3;2*1H;/q;;;;;+2/p-2. The van der Waals surface area contributed by atoms with E-state index in [1.807, 2.05) is 0 Å². The molecule has 2 unspecified atom stereocenters. The van der Waals surface area contributed by atoms with E-state index in [4.69, 9.17) is 17.0 Å². The van der Waals surface area contributed by atoms with Gasteiger partial charge in [0.05, 0.1) is 0 Å². The maximum absolute atomic E-state index is 9.11. The number of halogens is 2. The molecule has 4 heteroatoms. The molecule has 0 amide bonds. The Morgan fingerprint density at radius 3 is 1.02 bits per heavy atom. The average Bonchev–Trinajstić information content (AvgIpc) is 3.77. The van der Waals surface area contributed by atoms with Gasteiger partial charge in [-0.3, -0.25) is 0 Å². The van der Waals surface area contributed by atoms with Gasteiger partial charge in [-0.25, -0.2) is 0 Å². The van der Waals surface area contributed by atoms with Gasteiger partial charge in [0.2, 0.25) is 0 Å². The van der Waals surface area contributed by atoms with E-state index in [-0.39, 0.29) is 28.9 Å². The summed E-state index contributed by atoms with van der Waals surface area (Å²) in [5.41, 5.74) is 22.2. The molecule has 335 valence electrons. The zero-order valence-electron chi connectivity index (χ0n) is 42.5. The Bertz CT molecular complexity index is 2220. The third kappa shape index (κ3) is 8.62. The molecule has 0 fully saturated rings. The Hall–Kier alpha value is -1.96. The van der Waals surface area contributed by atoms with E-state index < -0.39 is 21.5 Å². The van der Waals surface area contributed by atoms with Crippen molar-refractivity contribution >= 4 is 35.1 Å². The summed E-state index contributed by atoms with van der Waals surface area (Å²) in [6.45, 7) is 47.4. The predicted octanol–water partition coefficient (Wildman–Crippen LogP) is 18.2. The summed E-state index contributed by atoms with van der Waals surface area (Å²) in [7, 11) is 18.2. The topological polar surface area (TPSA) is 0 Å². The van der Waals surface area contributed by atoms with Gasteiger partial charge in [0.15, 0.2) is 0 Å². The van der Waals surface area contributed by atoms with Crippen LogP contribution in [0.25, 0.3) is 34.4 Å². The molecule has 0 saturated heterocycles. The quantitative estimate of drug-likeness (QED) is 0.147. The summed E-state index contributed by atoms with van der Waals surface area (Å²) in [5, 5.41) is 0. The van der Waals surface area contributed by atoms with Crippen LogP contribution in [0.1, 0.15) is 188 Å². The Morgan fingerprint density at radius 1 is 0.500 bits per heavy atom. The third-order valence-electron chi connectivity index (χ3n) is 14.9. The average molecular weight is 969 g/mol. The first-order valence-electron chi connectivity index (χ1n) is 24.0. The van der Waals surface area contributed by atoms with Crippen molar-refractivity contribution in [2.45, 2.75) is 179 Å². The van der Waals surface area contributed by atoms with Gasteiger partial charge in [0.25, 0.3) is 0 Å². The summed E-state index contributed by atoms with van der Waals surface area (Å²) in [4.78, 5) is 0. The van der Waals surface area contributed by atoms with Gasteiger partial charge in [0.1, 0.15) is 0 Å². The summed E-state index contributed by atoms with van der Waals surface area (Å²) < 4.78 is 0.0613. The van der Waals surface area contributed by atoms with Crippen LogP contribution in [0.3, 0.4) is 0 Å². The van der Waals surface area contributed by atoms with Crippen molar-refractivity contribution in [3.05, 3.63) is 127 Å². The zero-order chi connectivity index (χ0) is 46.5. The van der Waals surface area contributed by atoms with Crippen LogP contribution in [0.15, 0.2) is 71.8 Å². The van der Waals surface area contributed by atoms with Crippen LogP contribution in [0, 0.1) is 11.8 Å². The van der Waals surface area contributed by atoms with Gasteiger partial charge in [0, 0.05) is 0 Å². The molecular formula is C58H81Cl2SiZr. The van der Waals surface area contributed by atoms with E-state index in [0.29, 0.717) is 11.8 Å². The molecule has 0 aliphatic heterocycles. The molecule has 2 aliphatic carbocycles. The fourth-order valence-corrected chi connectivity index (χ4v) is 42.1. The molecule has 0 nitrogen and oxygen atoms in total. The Balaban J connectivity index is 1.70. The first-order valence-corrected chi connectivity index (χ1v) is 40.3. The molecular weight excluding hydrogens is 887 g/mol. The molecule has 4 aromatic rings. The van der Waals surface area contributed by atoms with E-state index in [0.717, 1.165) is 12.8 Å². The van der Waals surface area contributed by atoms with Crippen molar-refractivity contribution < 1.29 is 15.6 Å². The molecule has 4 aromatic carbocycles. The summed E-state index contributed by atoms with van der Waals surface area (Å²) in [5.74, 6) is -1.18. The van der Waals surface area contributed by atoms with Crippen LogP contribution in [-0.2, 0) is 50.1 Å². The Morgan fingerprint density at radius 2 is 0.790 bits per heavy atom. The number of allylic oxidation sites excluding steroid dienone is 2. The molecule has 2 atom stereocenters. The van der Waals surface area contributed by atoms with Gasteiger partial charge < -0.3 is 0 Å². The van der Waals surface area contributed by atoms with Crippen LogP contribution in [0.4, 0.5) is 0 Å². The second-order valence-electron chi connectivity index (χ2n) is 24.4. The maximum atomic E-state index is 9.11. The third-order valence-corrected chi connectivity index (χ3v) is 66.5. The number of hydrogen-bond donors (Lipinski definition) is 0. The minimum atomic E-state index is -5.12. The van der Waals surface area contributed by atoms with Crippen LogP contribution in [-0.4, -0.2) is 5.92 Å². The van der Waals surface area contributed by atoms with Crippen molar-refractivity contribution in [1.29, 1.82) is 0 Å². The van der Waals surface area contributed by atoms with E-state index >= 15 is 0 Å². The van der Waals surface area contributed by atoms with Gasteiger partial charge in [-0.1, -0.05) is 0 Å². The fourth-order valence-electron chi connectivity index (χ4n) is 10.6. The van der Waals surface area contributed by atoms with Crippen LogP contribution >= 0.6 is 17.0 Å². The van der Waals surface area contributed by atoms with Gasteiger partial charge in [-0.05, 0) is 0 Å². The first kappa shape index (κ1) is 49.5. The van der Waals surface area contributed by atoms with Crippen molar-refractivity contribution in [3.8, 4) is 22.3 Å². The normalized spacial score (nSPS) is 18.0. The van der Waals surface area contributed by atoms with Crippen molar-refractivity contribution in [2.24, 2.45) is 11.8 Å². The van der Waals surface area contributed by atoms with Crippen LogP contribution < -0.4 is 0 Å².